The second-order valence-corrected chi connectivity index (χ2v) is 6.21. The van der Waals surface area contributed by atoms with E-state index in [2.05, 4.69) is 32.9 Å². The molecule has 1 aromatic carbocycles. The quantitative estimate of drug-likeness (QED) is 0.314. The summed E-state index contributed by atoms with van der Waals surface area (Å²) in [5.41, 5.74) is 3.32. The summed E-state index contributed by atoms with van der Waals surface area (Å²) in [6, 6.07) is 15.4. The van der Waals surface area contributed by atoms with Crippen LogP contribution in [0.3, 0.4) is 0 Å². The average Bonchev–Trinajstić information content (AvgIpc) is 3.10. The van der Waals surface area contributed by atoms with E-state index in [-0.39, 0.29) is 29.5 Å². The van der Waals surface area contributed by atoms with E-state index in [0.29, 0.717) is 19.6 Å². The first-order chi connectivity index (χ1) is 13.2. The number of hydrogen-bond donors (Lipinski definition) is 2. The highest BCUT2D eigenvalue weighted by Crippen LogP contribution is 2.06. The van der Waals surface area contributed by atoms with Crippen molar-refractivity contribution in [2.75, 3.05) is 7.05 Å². The predicted molar refractivity (Wildman–Crippen MR) is 122 cm³/mol. The van der Waals surface area contributed by atoms with Gasteiger partial charge < -0.3 is 15.2 Å². The van der Waals surface area contributed by atoms with Gasteiger partial charge >= 0.3 is 0 Å². The number of aryl methyl sites for hydroxylation is 1. The van der Waals surface area contributed by atoms with E-state index in [9.17, 15) is 4.79 Å². The Morgan fingerprint density at radius 2 is 1.75 bits per heavy atom. The van der Waals surface area contributed by atoms with Crippen molar-refractivity contribution in [3.63, 3.8) is 0 Å². The molecule has 8 heteroatoms. The number of hydrogen-bond acceptors (Lipinski definition) is 3. The molecule has 148 valence electrons. The maximum Gasteiger partial charge on any atom is 0.250 e. The zero-order chi connectivity index (χ0) is 19.1. The maximum absolute atomic E-state index is 11.8. The fourth-order valence-electron chi connectivity index (χ4n) is 2.71. The first-order valence-electron chi connectivity index (χ1n) is 8.80. The summed E-state index contributed by atoms with van der Waals surface area (Å²) in [4.78, 5) is 16.0. The zero-order valence-corrected chi connectivity index (χ0v) is 18.3. The molecule has 0 aliphatic carbocycles. The van der Waals surface area contributed by atoms with Gasteiger partial charge in [-0.2, -0.15) is 5.10 Å². The molecule has 0 bridgehead atoms. The Balaban J connectivity index is 0.00000280. The van der Waals surface area contributed by atoms with Crippen LogP contribution in [0.25, 0.3) is 0 Å². The van der Waals surface area contributed by atoms with E-state index < -0.39 is 0 Å². The molecule has 28 heavy (non-hydrogen) atoms. The monoisotopic (exact) mass is 492 g/mol. The Kier molecular flexibility index (Phi) is 8.24. The van der Waals surface area contributed by atoms with Crippen LogP contribution in [0.5, 0.6) is 0 Å². The number of benzene rings is 1. The van der Waals surface area contributed by atoms with Gasteiger partial charge in [0.05, 0.1) is 18.8 Å². The standard InChI is InChI=1S/C20H24N6O.HI/c1-21-20(23-14-18-10-11-24-25(18)2)22-13-16-6-8-17(9-7-16)15-26-12-4-3-5-19(26)27;/h3-12H,13-15H2,1-2H3,(H2,21,22,23);1H. The van der Waals surface area contributed by atoms with Gasteiger partial charge in [0.2, 0.25) is 0 Å². The molecule has 7 nitrogen and oxygen atoms in total. The maximum atomic E-state index is 11.8. The van der Waals surface area contributed by atoms with Crippen molar-refractivity contribution < 1.29 is 0 Å². The molecule has 0 aliphatic rings. The largest absolute Gasteiger partial charge is 0.352 e. The summed E-state index contributed by atoms with van der Waals surface area (Å²) in [5, 5.41) is 10.7. The van der Waals surface area contributed by atoms with Crippen molar-refractivity contribution in [3.8, 4) is 0 Å². The lowest BCUT2D eigenvalue weighted by atomic mass is 10.1. The summed E-state index contributed by atoms with van der Waals surface area (Å²) in [6.07, 6.45) is 3.58. The van der Waals surface area contributed by atoms with E-state index in [1.54, 1.807) is 36.1 Å². The van der Waals surface area contributed by atoms with Crippen LogP contribution < -0.4 is 16.2 Å². The summed E-state index contributed by atoms with van der Waals surface area (Å²) >= 11 is 0. The van der Waals surface area contributed by atoms with Crippen molar-refractivity contribution >= 4 is 29.9 Å². The van der Waals surface area contributed by atoms with Crippen molar-refractivity contribution in [2.45, 2.75) is 19.6 Å². The lowest BCUT2D eigenvalue weighted by Gasteiger charge is -2.12. The third-order valence-electron chi connectivity index (χ3n) is 4.32. The normalized spacial score (nSPS) is 11.0. The van der Waals surface area contributed by atoms with Crippen LogP contribution in [0, 0.1) is 0 Å². The van der Waals surface area contributed by atoms with Crippen LogP contribution in [-0.4, -0.2) is 27.4 Å². The van der Waals surface area contributed by atoms with Crippen LogP contribution in [0.15, 0.2) is 70.7 Å². The first-order valence-corrected chi connectivity index (χ1v) is 8.80. The third kappa shape index (κ3) is 5.95. The minimum atomic E-state index is 0. The van der Waals surface area contributed by atoms with Gasteiger partial charge in [0.1, 0.15) is 0 Å². The average molecular weight is 492 g/mol. The Bertz CT molecular complexity index is 961. The summed E-state index contributed by atoms with van der Waals surface area (Å²) in [6.45, 7) is 1.89. The minimum Gasteiger partial charge on any atom is -0.352 e. The molecular formula is C20H25IN6O. The van der Waals surface area contributed by atoms with Gasteiger partial charge in [0, 0.05) is 39.1 Å². The number of aliphatic imine (C=N–C) groups is 1. The van der Waals surface area contributed by atoms with E-state index in [4.69, 9.17) is 0 Å². The smallest absolute Gasteiger partial charge is 0.250 e. The summed E-state index contributed by atoms with van der Waals surface area (Å²) in [7, 11) is 3.66. The molecule has 3 aromatic rings. The van der Waals surface area contributed by atoms with E-state index in [0.717, 1.165) is 22.8 Å². The number of rotatable bonds is 6. The van der Waals surface area contributed by atoms with Crippen molar-refractivity contribution in [1.29, 1.82) is 0 Å². The molecule has 0 amide bonds. The SMILES string of the molecule is CN=C(NCc1ccc(Cn2ccccc2=O)cc1)NCc1ccnn1C.I. The van der Waals surface area contributed by atoms with Gasteiger partial charge in [-0.25, -0.2) is 0 Å². The van der Waals surface area contributed by atoms with Crippen molar-refractivity contribution in [3.05, 3.63) is 88.1 Å². The van der Waals surface area contributed by atoms with Gasteiger partial charge in [0.25, 0.3) is 5.56 Å². The molecule has 2 N–H and O–H groups in total. The van der Waals surface area contributed by atoms with Crippen LogP contribution in [0.1, 0.15) is 16.8 Å². The molecule has 0 aliphatic heterocycles. The molecule has 0 saturated heterocycles. The molecule has 0 saturated carbocycles. The molecule has 3 rings (SSSR count). The molecule has 0 spiro atoms. The van der Waals surface area contributed by atoms with Crippen LogP contribution in [-0.2, 0) is 26.7 Å². The fraction of sp³-hybridized carbons (Fsp3) is 0.250. The molecule has 0 unspecified atom stereocenters. The zero-order valence-electron chi connectivity index (χ0n) is 16.0. The number of halogens is 1. The Labute approximate surface area is 181 Å². The number of aromatic nitrogens is 3. The highest BCUT2D eigenvalue weighted by atomic mass is 127. The molecular weight excluding hydrogens is 467 g/mol. The van der Waals surface area contributed by atoms with Gasteiger partial charge in [0.15, 0.2) is 5.96 Å². The van der Waals surface area contributed by atoms with Crippen molar-refractivity contribution in [1.82, 2.24) is 25.0 Å². The Morgan fingerprint density at radius 3 is 2.39 bits per heavy atom. The number of guanidine groups is 1. The molecule has 2 heterocycles. The topological polar surface area (TPSA) is 76.2 Å². The van der Waals surface area contributed by atoms with Gasteiger partial charge in [-0.3, -0.25) is 14.5 Å². The Morgan fingerprint density at radius 1 is 1.04 bits per heavy atom. The molecule has 0 atom stereocenters. The first kappa shape index (κ1) is 21.7. The second kappa shape index (κ2) is 10.6. The lowest BCUT2D eigenvalue weighted by Crippen LogP contribution is -2.36. The van der Waals surface area contributed by atoms with E-state index >= 15 is 0 Å². The predicted octanol–water partition coefficient (Wildman–Crippen LogP) is 2.11. The third-order valence-corrected chi connectivity index (χ3v) is 4.32. The second-order valence-electron chi connectivity index (χ2n) is 6.21. The van der Waals surface area contributed by atoms with Crippen LogP contribution in [0.4, 0.5) is 0 Å². The number of nitrogens with one attached hydrogen (secondary N) is 2. The fourth-order valence-corrected chi connectivity index (χ4v) is 2.71. The highest BCUT2D eigenvalue weighted by molar-refractivity contribution is 14.0. The van der Waals surface area contributed by atoms with E-state index in [1.807, 2.05) is 36.0 Å². The molecule has 2 aromatic heterocycles. The summed E-state index contributed by atoms with van der Waals surface area (Å²) < 4.78 is 3.52. The number of nitrogens with zero attached hydrogens (tertiary/aromatic N) is 4. The highest BCUT2D eigenvalue weighted by Gasteiger charge is 2.02. The van der Waals surface area contributed by atoms with Gasteiger partial charge in [-0.05, 0) is 23.3 Å². The summed E-state index contributed by atoms with van der Waals surface area (Å²) in [5.74, 6) is 0.733. The molecule has 0 radical (unpaired) electrons. The van der Waals surface area contributed by atoms with Gasteiger partial charge in [-0.1, -0.05) is 30.3 Å². The van der Waals surface area contributed by atoms with Crippen molar-refractivity contribution in [2.24, 2.45) is 12.0 Å². The van der Waals surface area contributed by atoms with Crippen LogP contribution in [0.2, 0.25) is 0 Å². The lowest BCUT2D eigenvalue weighted by molar-refractivity contribution is 0.684. The van der Waals surface area contributed by atoms with Gasteiger partial charge in [-0.15, -0.1) is 24.0 Å². The number of pyridine rings is 1. The van der Waals surface area contributed by atoms with Crippen LogP contribution >= 0.6 is 24.0 Å². The Hall–Kier alpha value is -2.62. The minimum absolute atomic E-state index is 0. The molecule has 0 fully saturated rings. The van der Waals surface area contributed by atoms with E-state index in [1.165, 1.54) is 0 Å².